The van der Waals surface area contributed by atoms with E-state index in [1.807, 2.05) is 59.5 Å². The topological polar surface area (TPSA) is 75.4 Å². The van der Waals surface area contributed by atoms with Crippen LogP contribution < -0.4 is 16.0 Å². The fourth-order valence-electron chi connectivity index (χ4n) is 3.16. The fraction of sp³-hybridized carbons (Fsp3) is 0.300. The zero-order valence-corrected chi connectivity index (χ0v) is 14.2. The number of benzene rings is 2. The van der Waals surface area contributed by atoms with Crippen LogP contribution in [0, 0.1) is 0 Å². The number of carbonyl (C=O) groups is 2. The van der Waals surface area contributed by atoms with E-state index in [-0.39, 0.29) is 5.91 Å². The number of piperidine rings is 1. The van der Waals surface area contributed by atoms with Gasteiger partial charge in [-0.2, -0.15) is 0 Å². The lowest BCUT2D eigenvalue weighted by Gasteiger charge is -2.27. The Morgan fingerprint density at radius 3 is 2.64 bits per heavy atom. The smallest absolute Gasteiger partial charge is 0.239 e. The monoisotopic (exact) mass is 337 g/mol. The number of amides is 2. The van der Waals surface area contributed by atoms with Crippen LogP contribution in [0.25, 0.3) is 0 Å². The quantitative estimate of drug-likeness (QED) is 0.850. The van der Waals surface area contributed by atoms with Gasteiger partial charge in [-0.1, -0.05) is 42.5 Å². The van der Waals surface area contributed by atoms with Gasteiger partial charge in [0, 0.05) is 25.2 Å². The molecule has 1 aliphatic rings. The molecule has 2 aromatic rings. The van der Waals surface area contributed by atoms with Crippen molar-refractivity contribution in [2.75, 3.05) is 11.4 Å². The van der Waals surface area contributed by atoms with Crippen LogP contribution in [0.5, 0.6) is 0 Å². The van der Waals surface area contributed by atoms with Crippen molar-refractivity contribution in [2.45, 2.75) is 31.8 Å². The first-order valence-electron chi connectivity index (χ1n) is 8.62. The molecule has 1 fully saturated rings. The van der Waals surface area contributed by atoms with E-state index >= 15 is 0 Å². The van der Waals surface area contributed by atoms with Crippen LogP contribution in [0.2, 0.25) is 0 Å². The van der Waals surface area contributed by atoms with E-state index < -0.39 is 11.9 Å². The maximum absolute atomic E-state index is 12.1. The van der Waals surface area contributed by atoms with Gasteiger partial charge in [0.05, 0.1) is 0 Å². The number of nitrogens with two attached hydrogens (primary N) is 1. The molecule has 3 N–H and O–H groups in total. The van der Waals surface area contributed by atoms with E-state index in [1.54, 1.807) is 0 Å². The molecule has 0 radical (unpaired) electrons. The molecule has 2 aromatic carbocycles. The Hall–Kier alpha value is -2.66. The van der Waals surface area contributed by atoms with Gasteiger partial charge in [0.15, 0.2) is 0 Å². The summed E-state index contributed by atoms with van der Waals surface area (Å²) >= 11 is 0. The van der Waals surface area contributed by atoms with Crippen LogP contribution in [0.4, 0.5) is 5.69 Å². The van der Waals surface area contributed by atoms with Crippen molar-refractivity contribution in [1.29, 1.82) is 0 Å². The summed E-state index contributed by atoms with van der Waals surface area (Å²) in [4.78, 5) is 25.7. The third kappa shape index (κ3) is 4.25. The van der Waals surface area contributed by atoms with Crippen molar-refractivity contribution < 1.29 is 9.59 Å². The molecule has 0 bridgehead atoms. The van der Waals surface area contributed by atoms with Gasteiger partial charge in [0.2, 0.25) is 11.8 Å². The summed E-state index contributed by atoms with van der Waals surface area (Å²) in [7, 11) is 0. The first-order valence-corrected chi connectivity index (χ1v) is 8.62. The van der Waals surface area contributed by atoms with Crippen molar-refractivity contribution in [3.63, 3.8) is 0 Å². The maximum Gasteiger partial charge on any atom is 0.239 e. The Balaban J connectivity index is 1.71. The Morgan fingerprint density at radius 1 is 1.12 bits per heavy atom. The van der Waals surface area contributed by atoms with Crippen molar-refractivity contribution in [2.24, 2.45) is 5.73 Å². The number of hydrogen-bond donors (Lipinski definition) is 2. The number of rotatable bonds is 6. The van der Waals surface area contributed by atoms with Gasteiger partial charge in [-0.25, -0.2) is 0 Å². The number of nitrogens with zero attached hydrogens (tertiary/aromatic N) is 1. The first kappa shape index (κ1) is 17.2. The van der Waals surface area contributed by atoms with Crippen LogP contribution in [-0.2, 0) is 16.1 Å². The summed E-state index contributed by atoms with van der Waals surface area (Å²) in [5, 5.41) is 3.22. The molecule has 25 heavy (non-hydrogen) atoms. The van der Waals surface area contributed by atoms with E-state index in [4.69, 9.17) is 5.73 Å². The molecule has 5 nitrogen and oxygen atoms in total. The molecule has 0 unspecified atom stereocenters. The van der Waals surface area contributed by atoms with Gasteiger partial charge in [-0.05, 0) is 36.1 Å². The summed E-state index contributed by atoms with van der Waals surface area (Å²) in [6, 6.07) is 16.8. The number of hydrogen-bond acceptors (Lipinski definition) is 3. The van der Waals surface area contributed by atoms with Crippen LogP contribution in [0.15, 0.2) is 54.6 Å². The van der Waals surface area contributed by atoms with Gasteiger partial charge in [0.1, 0.15) is 6.04 Å². The molecule has 0 spiro atoms. The Kier molecular flexibility index (Phi) is 5.46. The number of nitrogens with one attached hydrogen (secondary N) is 1. The summed E-state index contributed by atoms with van der Waals surface area (Å²) in [5.74, 6) is -0.232. The van der Waals surface area contributed by atoms with Crippen LogP contribution in [0.3, 0.4) is 0 Å². The highest BCUT2D eigenvalue weighted by atomic mass is 16.2. The average molecular weight is 337 g/mol. The molecule has 1 atom stereocenters. The van der Waals surface area contributed by atoms with E-state index in [2.05, 4.69) is 5.32 Å². The second-order valence-corrected chi connectivity index (χ2v) is 6.30. The highest BCUT2D eigenvalue weighted by molar-refractivity contribution is 5.94. The van der Waals surface area contributed by atoms with Crippen molar-refractivity contribution >= 4 is 17.5 Å². The minimum absolute atomic E-state index is 0.177. The third-order valence-electron chi connectivity index (χ3n) is 4.47. The Morgan fingerprint density at radius 2 is 1.92 bits per heavy atom. The number of primary amides is 1. The van der Waals surface area contributed by atoms with Gasteiger partial charge in [0.25, 0.3) is 0 Å². The summed E-state index contributed by atoms with van der Waals surface area (Å²) in [5.41, 5.74) is 8.32. The Labute approximate surface area is 147 Å². The molecule has 0 aliphatic carbocycles. The van der Waals surface area contributed by atoms with Gasteiger partial charge >= 0.3 is 0 Å². The van der Waals surface area contributed by atoms with Crippen LogP contribution in [-0.4, -0.2) is 18.4 Å². The van der Waals surface area contributed by atoms with Gasteiger partial charge in [-0.3, -0.25) is 14.9 Å². The zero-order chi connectivity index (χ0) is 17.6. The molecule has 1 heterocycles. The second-order valence-electron chi connectivity index (χ2n) is 6.30. The molecule has 1 aliphatic heterocycles. The Bertz CT molecular complexity index is 746. The van der Waals surface area contributed by atoms with E-state index in [9.17, 15) is 9.59 Å². The van der Waals surface area contributed by atoms with Gasteiger partial charge < -0.3 is 10.6 Å². The lowest BCUT2D eigenvalue weighted by atomic mass is 10.1. The summed E-state index contributed by atoms with van der Waals surface area (Å²) < 4.78 is 0. The lowest BCUT2D eigenvalue weighted by Crippen LogP contribution is -2.35. The number of carbonyl (C=O) groups excluding carboxylic acids is 2. The highest BCUT2D eigenvalue weighted by Gasteiger charge is 2.20. The average Bonchev–Trinajstić information content (AvgIpc) is 2.63. The molecule has 130 valence electrons. The van der Waals surface area contributed by atoms with E-state index in [0.29, 0.717) is 13.0 Å². The van der Waals surface area contributed by atoms with Crippen molar-refractivity contribution in [3.8, 4) is 0 Å². The largest absolute Gasteiger partial charge is 0.368 e. The normalized spacial score (nSPS) is 15.8. The summed E-state index contributed by atoms with van der Waals surface area (Å²) in [6.45, 7) is 1.27. The van der Waals surface area contributed by atoms with Crippen LogP contribution in [0.1, 0.15) is 36.4 Å². The minimum atomic E-state index is -0.540. The van der Waals surface area contributed by atoms with E-state index in [0.717, 1.165) is 36.2 Å². The predicted molar refractivity (Wildman–Crippen MR) is 97.9 cm³/mol. The molecule has 0 aromatic heterocycles. The molecular weight excluding hydrogens is 314 g/mol. The van der Waals surface area contributed by atoms with E-state index in [1.165, 1.54) is 0 Å². The minimum Gasteiger partial charge on any atom is -0.368 e. The lowest BCUT2D eigenvalue weighted by molar-refractivity contribution is -0.120. The molecule has 2 amide bonds. The second kappa shape index (κ2) is 7.94. The van der Waals surface area contributed by atoms with Crippen molar-refractivity contribution in [3.05, 3.63) is 65.7 Å². The van der Waals surface area contributed by atoms with Gasteiger partial charge in [-0.15, -0.1) is 0 Å². The van der Waals surface area contributed by atoms with Crippen molar-refractivity contribution in [1.82, 2.24) is 5.32 Å². The number of anilines is 1. The molecule has 3 rings (SSSR count). The fourth-order valence-corrected chi connectivity index (χ4v) is 3.16. The SMILES string of the molecule is NC(=O)[C@H](NCc1cccc(N2CCCCC2=O)c1)c1ccccc1. The molecular formula is C20H23N3O2. The third-order valence-corrected chi connectivity index (χ3v) is 4.47. The molecule has 0 saturated carbocycles. The highest BCUT2D eigenvalue weighted by Crippen LogP contribution is 2.22. The zero-order valence-electron chi connectivity index (χ0n) is 14.2. The molecule has 1 saturated heterocycles. The molecule has 5 heteroatoms. The maximum atomic E-state index is 12.1. The first-order chi connectivity index (χ1) is 12.1. The standard InChI is InChI=1S/C20H23N3O2/c21-20(25)19(16-8-2-1-3-9-16)22-14-15-7-6-10-17(13-15)23-12-5-4-11-18(23)24/h1-3,6-10,13,19,22H,4-5,11-12,14H2,(H2,21,25)/t19-/m1/s1. The van der Waals surface area contributed by atoms with Crippen LogP contribution >= 0.6 is 0 Å². The predicted octanol–water partition coefficient (Wildman–Crippen LogP) is 2.52. The summed E-state index contributed by atoms with van der Waals surface area (Å²) in [6.07, 6.45) is 2.61.